The third-order valence-electron chi connectivity index (χ3n) is 2.17. The van der Waals surface area contributed by atoms with Crippen molar-refractivity contribution in [1.82, 2.24) is 4.98 Å². The largest absolute Gasteiger partial charge is 0.370 e. The molecular formula is C10H15N3O3S. The van der Waals surface area contributed by atoms with Gasteiger partial charge in [0.15, 0.2) is 0 Å². The highest BCUT2D eigenvalue weighted by Crippen LogP contribution is 2.17. The summed E-state index contributed by atoms with van der Waals surface area (Å²) in [5.74, 6) is 1.24. The van der Waals surface area contributed by atoms with Crippen LogP contribution in [-0.4, -0.2) is 32.7 Å². The molecule has 1 rings (SSSR count). The van der Waals surface area contributed by atoms with Crippen molar-refractivity contribution in [3.05, 3.63) is 27.9 Å². The van der Waals surface area contributed by atoms with Crippen LogP contribution in [0.3, 0.4) is 0 Å². The summed E-state index contributed by atoms with van der Waals surface area (Å²) in [6.07, 6.45) is 2.44. The lowest BCUT2D eigenvalue weighted by Crippen LogP contribution is -2.08. The van der Waals surface area contributed by atoms with Gasteiger partial charge in [0, 0.05) is 35.4 Å². The number of nitrogens with zero attached hydrogens (tertiary/aromatic N) is 2. The van der Waals surface area contributed by atoms with Gasteiger partial charge >= 0.3 is 0 Å². The van der Waals surface area contributed by atoms with E-state index in [0.29, 0.717) is 23.8 Å². The highest BCUT2D eigenvalue weighted by atomic mass is 32.2. The van der Waals surface area contributed by atoms with Gasteiger partial charge in [0.25, 0.3) is 5.69 Å². The molecule has 94 valence electrons. The number of pyridine rings is 1. The van der Waals surface area contributed by atoms with Gasteiger partial charge < -0.3 is 5.32 Å². The fourth-order valence-corrected chi connectivity index (χ4v) is 1.89. The van der Waals surface area contributed by atoms with E-state index in [1.807, 2.05) is 0 Å². The van der Waals surface area contributed by atoms with Crippen LogP contribution >= 0.6 is 0 Å². The predicted molar refractivity (Wildman–Crippen MR) is 67.7 cm³/mol. The fourth-order valence-electron chi connectivity index (χ4n) is 1.34. The lowest BCUT2D eigenvalue weighted by molar-refractivity contribution is -0.385. The average Bonchev–Trinajstić information content (AvgIpc) is 2.23. The number of anilines is 1. The molecule has 1 heterocycles. The van der Waals surface area contributed by atoms with Crippen LogP contribution in [0.4, 0.5) is 11.5 Å². The smallest absolute Gasteiger partial charge is 0.290 e. The molecule has 0 saturated heterocycles. The summed E-state index contributed by atoms with van der Waals surface area (Å²) in [5, 5.41) is 13.6. The van der Waals surface area contributed by atoms with Gasteiger partial charge in [-0.3, -0.25) is 14.3 Å². The first-order chi connectivity index (χ1) is 8.00. The van der Waals surface area contributed by atoms with E-state index in [2.05, 4.69) is 10.3 Å². The second kappa shape index (κ2) is 6.29. The highest BCUT2D eigenvalue weighted by Gasteiger charge is 2.11. The van der Waals surface area contributed by atoms with Crippen LogP contribution in [0.15, 0.2) is 12.1 Å². The van der Waals surface area contributed by atoms with Crippen molar-refractivity contribution >= 4 is 22.3 Å². The van der Waals surface area contributed by atoms with Gasteiger partial charge in [0.05, 0.1) is 4.92 Å². The molecule has 7 heteroatoms. The number of nitro groups is 1. The van der Waals surface area contributed by atoms with E-state index in [9.17, 15) is 14.3 Å². The molecule has 0 aliphatic rings. The molecule has 0 radical (unpaired) electrons. The number of nitrogens with one attached hydrogen (secondary N) is 1. The monoisotopic (exact) mass is 257 g/mol. The topological polar surface area (TPSA) is 85.1 Å². The van der Waals surface area contributed by atoms with Gasteiger partial charge in [-0.1, -0.05) is 0 Å². The summed E-state index contributed by atoms with van der Waals surface area (Å²) in [6, 6.07) is 3.01. The number of hydrogen-bond donors (Lipinski definition) is 1. The maximum absolute atomic E-state index is 10.8. The zero-order valence-electron chi connectivity index (χ0n) is 9.80. The van der Waals surface area contributed by atoms with Crippen LogP contribution in [0.25, 0.3) is 0 Å². The maximum Gasteiger partial charge on any atom is 0.290 e. The minimum absolute atomic E-state index is 0.0187. The Morgan fingerprint density at radius 2 is 2.24 bits per heavy atom. The van der Waals surface area contributed by atoms with Gasteiger partial charge in [0.2, 0.25) is 0 Å². The second-order valence-electron chi connectivity index (χ2n) is 3.62. The van der Waals surface area contributed by atoms with Crippen molar-refractivity contribution in [2.75, 3.05) is 23.9 Å². The van der Waals surface area contributed by atoms with Crippen LogP contribution in [0.5, 0.6) is 0 Å². The number of rotatable bonds is 6. The number of aryl methyl sites for hydroxylation is 1. The van der Waals surface area contributed by atoms with Crippen LogP contribution in [-0.2, 0) is 10.8 Å². The molecule has 0 aliphatic carbocycles. The Morgan fingerprint density at radius 3 is 2.76 bits per heavy atom. The lowest BCUT2D eigenvalue weighted by Gasteiger charge is -2.05. The molecule has 0 saturated carbocycles. The van der Waals surface area contributed by atoms with E-state index in [0.717, 1.165) is 6.42 Å². The van der Waals surface area contributed by atoms with Crippen molar-refractivity contribution in [2.45, 2.75) is 13.3 Å². The SMILES string of the molecule is Cc1nc(NCCC[S@@](C)=O)ccc1[N+](=O)[O-]. The Kier molecular flexibility index (Phi) is 5.02. The predicted octanol–water partition coefficient (Wildman–Crippen LogP) is 1.48. The third-order valence-corrected chi connectivity index (χ3v) is 3.03. The Bertz CT molecular complexity index is 437. The Morgan fingerprint density at radius 1 is 1.53 bits per heavy atom. The number of aromatic nitrogens is 1. The van der Waals surface area contributed by atoms with Gasteiger partial charge in [0.1, 0.15) is 11.5 Å². The number of hydrogen-bond acceptors (Lipinski definition) is 5. The van der Waals surface area contributed by atoms with E-state index in [4.69, 9.17) is 0 Å². The first-order valence-electron chi connectivity index (χ1n) is 5.16. The maximum atomic E-state index is 10.8. The quantitative estimate of drug-likeness (QED) is 0.474. The van der Waals surface area contributed by atoms with Crippen LogP contribution < -0.4 is 5.32 Å². The van der Waals surface area contributed by atoms with Crippen LogP contribution in [0, 0.1) is 17.0 Å². The van der Waals surface area contributed by atoms with Gasteiger partial charge in [-0.05, 0) is 19.4 Å². The van der Waals surface area contributed by atoms with Crippen molar-refractivity contribution in [3.63, 3.8) is 0 Å². The summed E-state index contributed by atoms with van der Waals surface area (Å²) in [4.78, 5) is 14.2. The summed E-state index contributed by atoms with van der Waals surface area (Å²) < 4.78 is 10.8. The van der Waals surface area contributed by atoms with Crippen molar-refractivity contribution in [3.8, 4) is 0 Å². The van der Waals surface area contributed by atoms with Crippen LogP contribution in [0.1, 0.15) is 12.1 Å². The molecule has 0 spiro atoms. The Hall–Kier alpha value is -1.50. The second-order valence-corrected chi connectivity index (χ2v) is 5.17. The van der Waals surface area contributed by atoms with Crippen molar-refractivity contribution in [2.24, 2.45) is 0 Å². The van der Waals surface area contributed by atoms with E-state index < -0.39 is 15.7 Å². The van der Waals surface area contributed by atoms with Crippen molar-refractivity contribution in [1.29, 1.82) is 0 Å². The van der Waals surface area contributed by atoms with Gasteiger partial charge in [-0.25, -0.2) is 4.98 Å². The fraction of sp³-hybridized carbons (Fsp3) is 0.500. The lowest BCUT2D eigenvalue weighted by atomic mass is 10.3. The Balaban J connectivity index is 2.53. The summed E-state index contributed by atoms with van der Waals surface area (Å²) in [5.41, 5.74) is 0.407. The van der Waals surface area contributed by atoms with E-state index in [1.165, 1.54) is 6.07 Å². The highest BCUT2D eigenvalue weighted by molar-refractivity contribution is 7.84. The molecule has 1 aromatic rings. The first kappa shape index (κ1) is 13.6. The zero-order valence-corrected chi connectivity index (χ0v) is 10.6. The molecule has 1 aromatic heterocycles. The van der Waals surface area contributed by atoms with E-state index >= 15 is 0 Å². The summed E-state index contributed by atoms with van der Waals surface area (Å²) >= 11 is 0. The molecule has 6 nitrogen and oxygen atoms in total. The average molecular weight is 257 g/mol. The molecule has 17 heavy (non-hydrogen) atoms. The molecule has 0 aromatic carbocycles. The summed E-state index contributed by atoms with van der Waals surface area (Å²) in [6.45, 7) is 2.26. The van der Waals surface area contributed by atoms with Gasteiger partial charge in [-0.15, -0.1) is 0 Å². The molecule has 1 atom stereocenters. The normalized spacial score (nSPS) is 12.1. The molecular weight excluding hydrogens is 242 g/mol. The minimum atomic E-state index is -0.787. The molecule has 1 N–H and O–H groups in total. The van der Waals surface area contributed by atoms with Crippen LogP contribution in [0.2, 0.25) is 0 Å². The molecule has 0 unspecified atom stereocenters. The molecule has 0 amide bonds. The van der Waals surface area contributed by atoms with Crippen molar-refractivity contribution < 1.29 is 9.13 Å². The van der Waals surface area contributed by atoms with E-state index in [1.54, 1.807) is 19.2 Å². The Labute approximate surface area is 102 Å². The third kappa shape index (κ3) is 4.48. The minimum Gasteiger partial charge on any atom is -0.370 e. The van der Waals surface area contributed by atoms with E-state index in [-0.39, 0.29) is 5.69 Å². The molecule has 0 aliphatic heterocycles. The first-order valence-corrected chi connectivity index (χ1v) is 6.89. The summed E-state index contributed by atoms with van der Waals surface area (Å²) in [7, 11) is -0.787. The zero-order chi connectivity index (χ0) is 12.8. The van der Waals surface area contributed by atoms with Gasteiger partial charge in [-0.2, -0.15) is 0 Å². The standard InChI is InChI=1S/C10H15N3O3S/c1-8-9(13(14)15)4-5-10(12-8)11-6-3-7-17(2)16/h4-5H,3,6-7H2,1-2H3,(H,11,12)/t17-/m1/s1. The molecule has 0 fully saturated rings. The molecule has 0 bridgehead atoms.